The van der Waals surface area contributed by atoms with Gasteiger partial charge in [-0.1, -0.05) is 65.1 Å². The lowest BCUT2D eigenvalue weighted by Gasteiger charge is -2.13. The van der Waals surface area contributed by atoms with Crippen LogP contribution in [0.2, 0.25) is 15.1 Å². The highest BCUT2D eigenvalue weighted by Gasteiger charge is 2.35. The molecule has 1 fully saturated rings. The van der Waals surface area contributed by atoms with Gasteiger partial charge in [-0.05, 0) is 65.4 Å². The first-order chi connectivity index (χ1) is 16.8. The van der Waals surface area contributed by atoms with Crippen molar-refractivity contribution in [2.24, 2.45) is 0 Å². The van der Waals surface area contributed by atoms with Crippen molar-refractivity contribution in [3.05, 3.63) is 97.8 Å². The highest BCUT2D eigenvalue weighted by Crippen LogP contribution is 2.35. The first kappa shape index (κ1) is 25.1. The molecule has 3 aromatic rings. The molecular weight excluding hydrogens is 531 g/mol. The second-order valence-corrected chi connectivity index (χ2v) is 9.62. The molecule has 1 aliphatic rings. The molecule has 0 radical (unpaired) electrons. The monoisotopic (exact) mass is 546 g/mol. The lowest BCUT2D eigenvalue weighted by molar-refractivity contribution is -0.123. The molecule has 0 saturated carbocycles. The summed E-state index contributed by atoms with van der Waals surface area (Å²) in [5.74, 6) is -0.424. The van der Waals surface area contributed by atoms with Crippen molar-refractivity contribution in [3.8, 4) is 5.75 Å². The summed E-state index contributed by atoms with van der Waals surface area (Å²) in [5, 5.41) is 3.34. The van der Waals surface area contributed by atoms with Crippen LogP contribution < -0.4 is 10.1 Å². The lowest BCUT2D eigenvalue weighted by Crippen LogP contribution is -2.27. The number of hydrogen-bond acceptors (Lipinski definition) is 5. The maximum atomic E-state index is 12.8. The van der Waals surface area contributed by atoms with Gasteiger partial charge in [0.1, 0.15) is 5.75 Å². The molecule has 0 atom stereocenters. The summed E-state index contributed by atoms with van der Waals surface area (Å²) < 4.78 is 5.52. The SMILES string of the molecule is O=C(COc1ccc(/C=C2\SC(=O)N(Cc3ccc(Cl)c(Cl)c3)C2=O)cc1Cl)Nc1ccccc1. The normalized spacial score (nSPS) is 14.5. The van der Waals surface area contributed by atoms with E-state index < -0.39 is 5.91 Å². The van der Waals surface area contributed by atoms with Gasteiger partial charge in [0.05, 0.1) is 26.5 Å². The maximum Gasteiger partial charge on any atom is 0.293 e. The van der Waals surface area contributed by atoms with E-state index in [4.69, 9.17) is 39.5 Å². The van der Waals surface area contributed by atoms with Gasteiger partial charge in [-0.25, -0.2) is 0 Å². The number of carbonyl (C=O) groups excluding carboxylic acids is 3. The molecule has 3 aromatic carbocycles. The maximum absolute atomic E-state index is 12.8. The van der Waals surface area contributed by atoms with Crippen molar-refractivity contribution in [1.82, 2.24) is 4.90 Å². The molecule has 1 saturated heterocycles. The zero-order chi connectivity index (χ0) is 24.9. The number of para-hydroxylation sites is 1. The van der Waals surface area contributed by atoms with Crippen LogP contribution in [0.3, 0.4) is 0 Å². The van der Waals surface area contributed by atoms with E-state index in [1.165, 1.54) is 0 Å². The number of hydrogen-bond donors (Lipinski definition) is 1. The third-order valence-corrected chi connectivity index (χ3v) is 6.81. The average molecular weight is 548 g/mol. The number of nitrogens with one attached hydrogen (secondary N) is 1. The quantitative estimate of drug-likeness (QED) is 0.326. The predicted octanol–water partition coefficient (Wildman–Crippen LogP) is 6.90. The van der Waals surface area contributed by atoms with E-state index in [1.807, 2.05) is 18.2 Å². The van der Waals surface area contributed by atoms with Crippen LogP contribution in [0.1, 0.15) is 11.1 Å². The van der Waals surface area contributed by atoms with Gasteiger partial charge in [0, 0.05) is 5.69 Å². The summed E-state index contributed by atoms with van der Waals surface area (Å²) in [4.78, 5) is 38.7. The minimum absolute atomic E-state index is 0.0808. The number of carbonyl (C=O) groups is 3. The molecule has 0 spiro atoms. The largest absolute Gasteiger partial charge is 0.482 e. The first-order valence-electron chi connectivity index (χ1n) is 10.3. The molecule has 178 valence electrons. The van der Waals surface area contributed by atoms with Crippen molar-refractivity contribution in [1.29, 1.82) is 0 Å². The topological polar surface area (TPSA) is 75.7 Å². The Morgan fingerprint density at radius 2 is 1.71 bits per heavy atom. The fraction of sp³-hybridized carbons (Fsp3) is 0.0800. The van der Waals surface area contributed by atoms with E-state index in [9.17, 15) is 14.4 Å². The Morgan fingerprint density at radius 3 is 2.43 bits per heavy atom. The Morgan fingerprint density at radius 1 is 0.943 bits per heavy atom. The molecule has 0 unspecified atom stereocenters. The molecule has 1 heterocycles. The van der Waals surface area contributed by atoms with Crippen LogP contribution in [-0.2, 0) is 16.1 Å². The van der Waals surface area contributed by atoms with E-state index in [0.717, 1.165) is 16.7 Å². The van der Waals surface area contributed by atoms with E-state index in [1.54, 1.807) is 54.6 Å². The Labute approximate surface area is 220 Å². The highest BCUT2D eigenvalue weighted by atomic mass is 35.5. The predicted molar refractivity (Wildman–Crippen MR) is 140 cm³/mol. The number of anilines is 1. The van der Waals surface area contributed by atoms with Gasteiger partial charge in [0.2, 0.25) is 0 Å². The molecule has 10 heteroatoms. The first-order valence-corrected chi connectivity index (χ1v) is 12.2. The van der Waals surface area contributed by atoms with Crippen LogP contribution in [0.4, 0.5) is 10.5 Å². The van der Waals surface area contributed by atoms with Crippen LogP contribution in [0.15, 0.2) is 71.6 Å². The summed E-state index contributed by atoms with van der Waals surface area (Å²) in [6.45, 7) is -0.140. The van der Waals surface area contributed by atoms with Gasteiger partial charge in [0.15, 0.2) is 6.61 Å². The van der Waals surface area contributed by atoms with Gasteiger partial charge >= 0.3 is 0 Å². The number of benzene rings is 3. The summed E-state index contributed by atoms with van der Waals surface area (Å²) in [6.07, 6.45) is 1.58. The summed E-state index contributed by atoms with van der Waals surface area (Å²) in [5.41, 5.74) is 1.95. The molecule has 3 amide bonds. The number of amides is 3. The average Bonchev–Trinajstić information content (AvgIpc) is 3.09. The lowest BCUT2D eigenvalue weighted by atomic mass is 10.2. The molecule has 6 nitrogen and oxygen atoms in total. The van der Waals surface area contributed by atoms with Crippen molar-refractivity contribution >= 4 is 75.4 Å². The molecule has 0 aliphatic carbocycles. The zero-order valence-electron chi connectivity index (χ0n) is 18.0. The summed E-state index contributed by atoms with van der Waals surface area (Å²) in [6, 6.07) is 18.8. The second kappa shape index (κ2) is 11.2. The number of ether oxygens (including phenoxy) is 1. The van der Waals surface area contributed by atoms with Crippen LogP contribution in [0, 0.1) is 0 Å². The summed E-state index contributed by atoms with van der Waals surface area (Å²) in [7, 11) is 0. The van der Waals surface area contributed by atoms with Crippen molar-refractivity contribution in [2.75, 3.05) is 11.9 Å². The van der Waals surface area contributed by atoms with Crippen LogP contribution >= 0.6 is 46.6 Å². The van der Waals surface area contributed by atoms with E-state index in [2.05, 4.69) is 5.32 Å². The number of halogens is 3. The Hall–Kier alpha value is -2.97. The molecule has 1 N–H and O–H groups in total. The summed E-state index contributed by atoms with van der Waals surface area (Å²) >= 11 is 19.1. The molecule has 35 heavy (non-hydrogen) atoms. The standard InChI is InChI=1S/C25H17Cl3N2O4S/c26-18-8-6-16(11-19(18)27)13-30-24(32)22(35-25(30)33)12-15-7-9-21(20(28)10-15)34-14-23(31)29-17-4-2-1-3-5-17/h1-12H,13-14H2,(H,29,31)/b22-12-. The van der Waals surface area contributed by atoms with Crippen molar-refractivity contribution in [2.45, 2.75) is 6.54 Å². The minimum Gasteiger partial charge on any atom is -0.482 e. The van der Waals surface area contributed by atoms with Gasteiger partial charge in [-0.3, -0.25) is 19.3 Å². The number of thioether (sulfide) groups is 1. The van der Waals surface area contributed by atoms with Gasteiger partial charge in [-0.2, -0.15) is 0 Å². The van der Waals surface area contributed by atoms with Gasteiger partial charge < -0.3 is 10.1 Å². The van der Waals surface area contributed by atoms with E-state index >= 15 is 0 Å². The van der Waals surface area contributed by atoms with Crippen molar-refractivity contribution < 1.29 is 19.1 Å². The third-order valence-electron chi connectivity index (χ3n) is 4.87. The zero-order valence-corrected chi connectivity index (χ0v) is 21.0. The van der Waals surface area contributed by atoms with Crippen LogP contribution in [-0.4, -0.2) is 28.6 Å². The Balaban J connectivity index is 1.39. The third kappa shape index (κ3) is 6.38. The molecule has 0 aromatic heterocycles. The van der Waals surface area contributed by atoms with Gasteiger partial charge in [-0.15, -0.1) is 0 Å². The number of imide groups is 1. The van der Waals surface area contributed by atoms with Crippen LogP contribution in [0.25, 0.3) is 6.08 Å². The van der Waals surface area contributed by atoms with E-state index in [-0.39, 0.29) is 34.2 Å². The highest BCUT2D eigenvalue weighted by molar-refractivity contribution is 8.18. The number of nitrogens with zero attached hydrogens (tertiary/aromatic N) is 1. The van der Waals surface area contributed by atoms with Gasteiger partial charge in [0.25, 0.3) is 17.1 Å². The fourth-order valence-corrected chi connectivity index (χ4v) is 4.60. The fourth-order valence-electron chi connectivity index (χ4n) is 3.19. The van der Waals surface area contributed by atoms with Crippen LogP contribution in [0.5, 0.6) is 5.75 Å². The van der Waals surface area contributed by atoms with E-state index in [0.29, 0.717) is 32.6 Å². The Bertz CT molecular complexity index is 1330. The minimum atomic E-state index is -0.417. The van der Waals surface area contributed by atoms with Crippen molar-refractivity contribution in [3.63, 3.8) is 0 Å². The second-order valence-electron chi connectivity index (χ2n) is 7.41. The molecule has 0 bridgehead atoms. The molecule has 4 rings (SSSR count). The smallest absolute Gasteiger partial charge is 0.293 e. The molecular formula is C25H17Cl3N2O4S. The Kier molecular flexibility index (Phi) is 8.03. The molecule has 1 aliphatic heterocycles. The number of rotatable bonds is 7.